The van der Waals surface area contributed by atoms with Crippen molar-refractivity contribution in [2.75, 3.05) is 13.1 Å². The molecule has 3 N–H and O–H groups in total. The second-order valence-corrected chi connectivity index (χ2v) is 6.34. The second kappa shape index (κ2) is 7.55. The quantitative estimate of drug-likeness (QED) is 0.616. The maximum atomic E-state index is 12.5. The molecule has 1 aliphatic heterocycles. The van der Waals surface area contributed by atoms with Crippen LogP contribution in [0, 0.1) is 0 Å². The lowest BCUT2D eigenvalue weighted by Crippen LogP contribution is -2.43. The third-order valence-corrected chi connectivity index (χ3v) is 4.57. The van der Waals surface area contributed by atoms with E-state index < -0.39 is 6.04 Å². The van der Waals surface area contributed by atoms with Crippen LogP contribution in [0.25, 0.3) is 11.3 Å². The number of nitrogens with one attached hydrogen (secondary N) is 3. The standard InChI is InChI=1S/C19H20N6O2/c26-16-7-6-14(13-4-2-1-3-5-13)24-25(16)11-10-21-19(27)18-17-15(8-9-20-18)22-12-23-17/h1-7,12,18,20H,8-11H2,(H,21,27)(H,22,23)/t18-/m0/s1. The summed E-state index contributed by atoms with van der Waals surface area (Å²) in [6, 6.07) is 12.4. The van der Waals surface area contributed by atoms with Crippen LogP contribution in [-0.2, 0) is 17.8 Å². The van der Waals surface area contributed by atoms with Crippen molar-refractivity contribution in [1.29, 1.82) is 0 Å². The minimum atomic E-state index is -0.472. The number of fused-ring (bicyclic) bond motifs is 1. The number of rotatable bonds is 5. The highest BCUT2D eigenvalue weighted by Crippen LogP contribution is 2.19. The normalized spacial score (nSPS) is 15.9. The molecule has 0 fully saturated rings. The van der Waals surface area contributed by atoms with Gasteiger partial charge in [0.1, 0.15) is 6.04 Å². The Kier molecular flexibility index (Phi) is 4.80. The van der Waals surface area contributed by atoms with Gasteiger partial charge in [0, 0.05) is 36.8 Å². The summed E-state index contributed by atoms with van der Waals surface area (Å²) in [6.45, 7) is 1.32. The van der Waals surface area contributed by atoms with E-state index in [4.69, 9.17) is 0 Å². The van der Waals surface area contributed by atoms with E-state index in [1.807, 2.05) is 30.3 Å². The molecule has 8 heteroatoms. The van der Waals surface area contributed by atoms with Gasteiger partial charge < -0.3 is 15.6 Å². The van der Waals surface area contributed by atoms with Crippen molar-refractivity contribution < 1.29 is 4.79 Å². The predicted molar refractivity (Wildman–Crippen MR) is 100.0 cm³/mol. The van der Waals surface area contributed by atoms with Crippen LogP contribution in [0.3, 0.4) is 0 Å². The van der Waals surface area contributed by atoms with Crippen LogP contribution in [0.2, 0.25) is 0 Å². The van der Waals surface area contributed by atoms with Crippen LogP contribution < -0.4 is 16.2 Å². The average Bonchev–Trinajstić information content (AvgIpc) is 3.19. The first-order valence-corrected chi connectivity index (χ1v) is 8.89. The van der Waals surface area contributed by atoms with Gasteiger partial charge >= 0.3 is 0 Å². The summed E-state index contributed by atoms with van der Waals surface area (Å²) in [5.74, 6) is -0.157. The zero-order valence-electron chi connectivity index (χ0n) is 14.7. The van der Waals surface area contributed by atoms with E-state index in [-0.39, 0.29) is 11.5 Å². The third-order valence-electron chi connectivity index (χ3n) is 4.57. The highest BCUT2D eigenvalue weighted by molar-refractivity contribution is 5.83. The van der Waals surface area contributed by atoms with E-state index >= 15 is 0 Å². The second-order valence-electron chi connectivity index (χ2n) is 6.34. The lowest BCUT2D eigenvalue weighted by molar-refractivity contribution is -0.123. The fraction of sp³-hybridized carbons (Fsp3) is 0.263. The minimum Gasteiger partial charge on any atom is -0.353 e. The molecule has 1 aromatic carbocycles. The highest BCUT2D eigenvalue weighted by Gasteiger charge is 2.28. The number of hydrogen-bond donors (Lipinski definition) is 3. The van der Waals surface area contributed by atoms with Crippen molar-refractivity contribution in [3.05, 3.63) is 70.5 Å². The molecule has 27 heavy (non-hydrogen) atoms. The first-order chi connectivity index (χ1) is 13.2. The monoisotopic (exact) mass is 364 g/mol. The van der Waals surface area contributed by atoms with Crippen LogP contribution in [-0.4, -0.2) is 38.7 Å². The molecule has 0 aliphatic carbocycles. The number of imidazole rings is 1. The molecule has 4 rings (SSSR count). The zero-order chi connectivity index (χ0) is 18.6. The molecule has 0 bridgehead atoms. The Labute approximate surface area is 155 Å². The summed E-state index contributed by atoms with van der Waals surface area (Å²) in [7, 11) is 0. The molecule has 2 aromatic heterocycles. The molecule has 138 valence electrons. The van der Waals surface area contributed by atoms with Crippen LogP contribution in [0.15, 0.2) is 53.6 Å². The number of amides is 1. The van der Waals surface area contributed by atoms with Gasteiger partial charge in [0.05, 0.1) is 24.3 Å². The molecule has 1 amide bonds. The van der Waals surface area contributed by atoms with E-state index in [0.717, 1.165) is 29.1 Å². The lowest BCUT2D eigenvalue weighted by atomic mass is 10.1. The van der Waals surface area contributed by atoms with E-state index in [9.17, 15) is 9.59 Å². The summed E-state index contributed by atoms with van der Waals surface area (Å²) in [6.07, 6.45) is 2.43. The SMILES string of the molecule is O=C(NCCn1nc(-c2ccccc2)ccc1=O)[C@H]1NCCc2[nH]cnc21. The van der Waals surface area contributed by atoms with Crippen LogP contribution in [0.5, 0.6) is 0 Å². The molecule has 0 unspecified atom stereocenters. The number of H-pyrrole nitrogens is 1. The molecule has 0 radical (unpaired) electrons. The Morgan fingerprint density at radius 3 is 2.93 bits per heavy atom. The number of carbonyl (C=O) groups excluding carboxylic acids is 1. The summed E-state index contributed by atoms with van der Waals surface area (Å²) in [4.78, 5) is 31.9. The third kappa shape index (κ3) is 3.65. The Morgan fingerprint density at radius 1 is 1.22 bits per heavy atom. The maximum Gasteiger partial charge on any atom is 0.266 e. The van der Waals surface area contributed by atoms with Crippen molar-refractivity contribution in [2.45, 2.75) is 19.0 Å². The van der Waals surface area contributed by atoms with Gasteiger partial charge in [-0.2, -0.15) is 5.10 Å². The molecule has 0 spiro atoms. The maximum absolute atomic E-state index is 12.5. The number of aromatic amines is 1. The molecular formula is C19H20N6O2. The van der Waals surface area contributed by atoms with Gasteiger partial charge in [0.25, 0.3) is 5.56 Å². The van der Waals surface area contributed by atoms with Crippen LogP contribution in [0.4, 0.5) is 0 Å². The van der Waals surface area contributed by atoms with Gasteiger partial charge in [0.2, 0.25) is 5.91 Å². The van der Waals surface area contributed by atoms with Crippen molar-refractivity contribution in [3.63, 3.8) is 0 Å². The Balaban J connectivity index is 1.41. The predicted octanol–water partition coefficient (Wildman–Crippen LogP) is 0.637. The van der Waals surface area contributed by atoms with Gasteiger partial charge in [-0.05, 0) is 6.07 Å². The smallest absolute Gasteiger partial charge is 0.266 e. The average molecular weight is 364 g/mol. The molecule has 1 atom stereocenters. The van der Waals surface area contributed by atoms with Crippen molar-refractivity contribution >= 4 is 5.91 Å². The van der Waals surface area contributed by atoms with Gasteiger partial charge in [-0.15, -0.1) is 0 Å². The van der Waals surface area contributed by atoms with E-state index in [1.165, 1.54) is 10.7 Å². The first-order valence-electron chi connectivity index (χ1n) is 8.89. The Hall–Kier alpha value is -3.26. The van der Waals surface area contributed by atoms with Gasteiger partial charge in [-0.25, -0.2) is 9.67 Å². The minimum absolute atomic E-state index is 0.157. The molecule has 0 saturated heterocycles. The lowest BCUT2D eigenvalue weighted by Gasteiger charge is -2.22. The molecule has 3 heterocycles. The van der Waals surface area contributed by atoms with Crippen molar-refractivity contribution in [3.8, 4) is 11.3 Å². The van der Waals surface area contributed by atoms with Crippen molar-refractivity contribution in [1.82, 2.24) is 30.4 Å². The number of aromatic nitrogens is 4. The highest BCUT2D eigenvalue weighted by atomic mass is 16.2. The summed E-state index contributed by atoms with van der Waals surface area (Å²) in [5, 5.41) is 10.4. The number of nitrogens with zero attached hydrogens (tertiary/aromatic N) is 3. The van der Waals surface area contributed by atoms with Crippen molar-refractivity contribution in [2.24, 2.45) is 0 Å². The molecule has 8 nitrogen and oxygen atoms in total. The Bertz CT molecular complexity index is 995. The summed E-state index contributed by atoms with van der Waals surface area (Å²) in [5.41, 5.74) is 3.18. The van der Waals surface area contributed by atoms with E-state index in [0.29, 0.717) is 19.6 Å². The van der Waals surface area contributed by atoms with Gasteiger partial charge in [-0.1, -0.05) is 30.3 Å². The van der Waals surface area contributed by atoms with E-state index in [1.54, 1.807) is 12.4 Å². The molecular weight excluding hydrogens is 344 g/mol. The van der Waals surface area contributed by atoms with Gasteiger partial charge in [-0.3, -0.25) is 9.59 Å². The van der Waals surface area contributed by atoms with Crippen LogP contribution in [0.1, 0.15) is 17.4 Å². The molecule has 0 saturated carbocycles. The fourth-order valence-electron chi connectivity index (χ4n) is 3.19. The summed E-state index contributed by atoms with van der Waals surface area (Å²) < 4.78 is 1.37. The summed E-state index contributed by atoms with van der Waals surface area (Å²) >= 11 is 0. The molecule has 3 aromatic rings. The fourth-order valence-corrected chi connectivity index (χ4v) is 3.19. The largest absolute Gasteiger partial charge is 0.353 e. The molecule has 1 aliphatic rings. The zero-order valence-corrected chi connectivity index (χ0v) is 14.7. The van der Waals surface area contributed by atoms with Crippen LogP contribution >= 0.6 is 0 Å². The Morgan fingerprint density at radius 2 is 2.07 bits per heavy atom. The number of carbonyl (C=O) groups is 1. The van der Waals surface area contributed by atoms with E-state index in [2.05, 4.69) is 25.7 Å². The first kappa shape index (κ1) is 17.2. The number of hydrogen-bond acceptors (Lipinski definition) is 5. The number of benzene rings is 1. The van der Waals surface area contributed by atoms with Gasteiger partial charge in [0.15, 0.2) is 0 Å². The topological polar surface area (TPSA) is 105 Å².